The molecule has 2 atom stereocenters. The number of methoxy groups -OCH3 is 1. The van der Waals surface area contributed by atoms with Crippen LogP contribution in [0, 0.1) is 17.5 Å². The number of benzene rings is 2. The molecule has 2 unspecified atom stereocenters. The molecule has 1 aliphatic heterocycles. The van der Waals surface area contributed by atoms with Crippen molar-refractivity contribution in [2.24, 2.45) is 0 Å². The second-order valence-corrected chi connectivity index (χ2v) is 10.4. The Morgan fingerprint density at radius 1 is 1.25 bits per heavy atom. The van der Waals surface area contributed by atoms with Crippen molar-refractivity contribution in [3.05, 3.63) is 58.9 Å². The van der Waals surface area contributed by atoms with Crippen molar-refractivity contribution in [3.8, 4) is 0 Å². The topological polar surface area (TPSA) is 105 Å². The summed E-state index contributed by atoms with van der Waals surface area (Å²) in [6.45, 7) is -0.0219. The molecule has 2 aromatic carbocycles. The minimum absolute atomic E-state index is 0.0403. The summed E-state index contributed by atoms with van der Waals surface area (Å²) in [5.74, 6) is -5.74. The van der Waals surface area contributed by atoms with Gasteiger partial charge < -0.3 is 19.9 Å². The highest BCUT2D eigenvalue weighted by Crippen LogP contribution is 2.29. The molecule has 198 valence electrons. The Kier molecular flexibility index (Phi) is 8.72. The average Bonchev–Trinajstić information content (AvgIpc) is 2.99. The van der Waals surface area contributed by atoms with E-state index in [1.165, 1.54) is 7.11 Å². The van der Waals surface area contributed by atoms with Crippen molar-refractivity contribution in [3.63, 3.8) is 0 Å². The number of nitrogens with one attached hydrogen (secondary N) is 1. The molecule has 3 rings (SSSR count). The molecule has 0 saturated carbocycles. The number of amides is 1. The van der Waals surface area contributed by atoms with Crippen LogP contribution in [0.5, 0.6) is 0 Å². The maximum absolute atomic E-state index is 13.8. The Hall–Kier alpha value is -2.58. The second-order valence-electron chi connectivity index (χ2n) is 8.55. The average molecular weight is 535 g/mol. The first kappa shape index (κ1) is 28.0. The first-order valence-corrected chi connectivity index (χ1v) is 12.3. The Bertz CT molecular complexity index is 1200. The first-order chi connectivity index (χ1) is 16.9. The maximum atomic E-state index is 13.8. The van der Waals surface area contributed by atoms with Crippen LogP contribution in [0.3, 0.4) is 0 Å². The lowest BCUT2D eigenvalue weighted by Gasteiger charge is -2.32. The minimum atomic E-state index is -4.46. The van der Waals surface area contributed by atoms with Gasteiger partial charge in [0.25, 0.3) is 5.91 Å². The molecule has 36 heavy (non-hydrogen) atoms. The van der Waals surface area contributed by atoms with Gasteiger partial charge in [0.2, 0.25) is 10.0 Å². The number of halogens is 4. The quantitative estimate of drug-likeness (QED) is 0.399. The number of hydrogen-bond acceptors (Lipinski definition) is 6. The van der Waals surface area contributed by atoms with Crippen molar-refractivity contribution < 1.29 is 45.4 Å². The monoisotopic (exact) mass is 534 g/mol. The standard InChI is InChI=1S/C23H26F4N2O6S/c1-14-11-35-13-23(31,5-6-34-2)12-29(14)36(32,33)20-7-15(3-4-16(20)10-24)22(30)28-17-8-18(25)21(27)19(26)9-17/h3-4,7-9,14,31H,5-6,10-13H2,1-2H3,(H,28,30). The molecule has 0 aromatic heterocycles. The summed E-state index contributed by atoms with van der Waals surface area (Å²) < 4.78 is 92.7. The normalized spacial score (nSPS) is 21.2. The van der Waals surface area contributed by atoms with Gasteiger partial charge >= 0.3 is 0 Å². The predicted molar refractivity (Wildman–Crippen MR) is 121 cm³/mol. The third-order valence-electron chi connectivity index (χ3n) is 5.74. The van der Waals surface area contributed by atoms with Crippen molar-refractivity contribution in [2.45, 2.75) is 36.6 Å². The molecule has 2 aromatic rings. The van der Waals surface area contributed by atoms with E-state index in [9.17, 15) is 35.9 Å². The van der Waals surface area contributed by atoms with Crippen molar-refractivity contribution in [1.29, 1.82) is 0 Å². The zero-order valence-electron chi connectivity index (χ0n) is 19.6. The molecule has 0 radical (unpaired) electrons. The van der Waals surface area contributed by atoms with E-state index in [1.807, 2.05) is 0 Å². The lowest BCUT2D eigenvalue weighted by molar-refractivity contribution is -0.0494. The van der Waals surface area contributed by atoms with Gasteiger partial charge in [0, 0.05) is 61.7 Å². The zero-order chi connectivity index (χ0) is 26.7. The Morgan fingerprint density at radius 2 is 1.92 bits per heavy atom. The van der Waals surface area contributed by atoms with Crippen LogP contribution in [0.25, 0.3) is 0 Å². The molecule has 13 heteroatoms. The summed E-state index contributed by atoms with van der Waals surface area (Å²) >= 11 is 0. The highest BCUT2D eigenvalue weighted by molar-refractivity contribution is 7.89. The Morgan fingerprint density at radius 3 is 2.53 bits per heavy atom. The summed E-state index contributed by atoms with van der Waals surface area (Å²) in [4.78, 5) is 12.2. The summed E-state index contributed by atoms with van der Waals surface area (Å²) in [6.07, 6.45) is 0.0748. The van der Waals surface area contributed by atoms with E-state index in [0.717, 1.165) is 22.5 Å². The highest BCUT2D eigenvalue weighted by Gasteiger charge is 2.41. The van der Waals surface area contributed by atoms with Gasteiger partial charge in [-0.25, -0.2) is 26.0 Å². The molecule has 1 fully saturated rings. The van der Waals surface area contributed by atoms with E-state index in [4.69, 9.17) is 9.47 Å². The maximum Gasteiger partial charge on any atom is 0.255 e. The van der Waals surface area contributed by atoms with Gasteiger partial charge in [-0.05, 0) is 19.1 Å². The minimum Gasteiger partial charge on any atom is -0.386 e. The van der Waals surface area contributed by atoms with E-state index >= 15 is 0 Å². The van der Waals surface area contributed by atoms with Crippen LogP contribution < -0.4 is 5.32 Å². The third kappa shape index (κ3) is 6.03. The van der Waals surface area contributed by atoms with Crippen LogP contribution in [0.15, 0.2) is 35.2 Å². The number of hydrogen-bond donors (Lipinski definition) is 2. The third-order valence-corrected chi connectivity index (χ3v) is 7.79. The van der Waals surface area contributed by atoms with Crippen LogP contribution >= 0.6 is 0 Å². The summed E-state index contributed by atoms with van der Waals surface area (Å²) in [5, 5.41) is 13.1. The Balaban J connectivity index is 1.97. The smallest absolute Gasteiger partial charge is 0.255 e. The predicted octanol–water partition coefficient (Wildman–Crippen LogP) is 3.00. The molecule has 1 aliphatic rings. The molecule has 0 bridgehead atoms. The number of carbonyl (C=O) groups is 1. The summed E-state index contributed by atoms with van der Waals surface area (Å²) in [6, 6.07) is 3.56. The number of alkyl halides is 1. The SMILES string of the molecule is COCCC1(O)COCC(C)N(S(=O)(=O)c2cc(C(=O)Nc3cc(F)c(F)c(F)c3)ccc2CF)C1. The number of sulfonamides is 1. The lowest BCUT2D eigenvalue weighted by atomic mass is 10.0. The zero-order valence-corrected chi connectivity index (χ0v) is 20.4. The molecule has 0 aliphatic carbocycles. The number of anilines is 1. The van der Waals surface area contributed by atoms with Crippen molar-refractivity contribution in [2.75, 3.05) is 38.8 Å². The molecule has 1 amide bonds. The molecule has 0 spiro atoms. The fourth-order valence-corrected chi connectivity index (χ4v) is 5.69. The van der Waals surface area contributed by atoms with Crippen LogP contribution in [-0.4, -0.2) is 68.9 Å². The van der Waals surface area contributed by atoms with E-state index < -0.39 is 62.3 Å². The molecular formula is C23H26F4N2O6S. The van der Waals surface area contributed by atoms with Gasteiger partial charge in [-0.3, -0.25) is 4.79 Å². The van der Waals surface area contributed by atoms with Crippen LogP contribution in [0.1, 0.15) is 29.3 Å². The number of nitrogens with zero attached hydrogens (tertiary/aromatic N) is 1. The largest absolute Gasteiger partial charge is 0.386 e. The number of ether oxygens (including phenoxy) is 2. The summed E-state index contributed by atoms with van der Waals surface area (Å²) in [7, 11) is -3.03. The molecular weight excluding hydrogens is 508 g/mol. The highest BCUT2D eigenvalue weighted by atomic mass is 32.2. The number of carbonyl (C=O) groups excluding carboxylic acids is 1. The van der Waals surface area contributed by atoms with Crippen molar-refractivity contribution >= 4 is 21.6 Å². The van der Waals surface area contributed by atoms with Gasteiger partial charge in [0.05, 0.1) is 18.1 Å². The fourth-order valence-electron chi connectivity index (χ4n) is 3.76. The van der Waals surface area contributed by atoms with Gasteiger partial charge in [0.1, 0.15) is 12.3 Å². The van der Waals surface area contributed by atoms with Crippen molar-refractivity contribution in [1.82, 2.24) is 4.31 Å². The fraction of sp³-hybridized carbons (Fsp3) is 0.435. The van der Waals surface area contributed by atoms with Gasteiger partial charge in [-0.1, -0.05) is 6.07 Å². The van der Waals surface area contributed by atoms with Gasteiger partial charge in [0.15, 0.2) is 17.5 Å². The second kappa shape index (κ2) is 11.2. The van der Waals surface area contributed by atoms with Gasteiger partial charge in [-0.2, -0.15) is 4.31 Å². The lowest BCUT2D eigenvalue weighted by Crippen LogP contribution is -2.49. The number of aliphatic hydroxyl groups is 1. The van der Waals surface area contributed by atoms with E-state index in [2.05, 4.69) is 5.32 Å². The van der Waals surface area contributed by atoms with E-state index in [0.29, 0.717) is 12.1 Å². The molecule has 1 saturated heterocycles. The van der Waals surface area contributed by atoms with Crippen LogP contribution in [0.4, 0.5) is 23.2 Å². The Labute approximate surface area is 205 Å². The molecule has 2 N–H and O–H groups in total. The van der Waals surface area contributed by atoms with E-state index in [-0.39, 0.29) is 43.9 Å². The van der Waals surface area contributed by atoms with Crippen LogP contribution in [0.2, 0.25) is 0 Å². The number of β-amino-alcohol motifs (C(OH)–C–C–N with tert-alkyl or cyclic N) is 1. The van der Waals surface area contributed by atoms with Crippen LogP contribution in [-0.2, 0) is 26.2 Å². The molecule has 1 heterocycles. The first-order valence-electron chi connectivity index (χ1n) is 10.9. The summed E-state index contributed by atoms with van der Waals surface area (Å²) in [5.41, 5.74) is -2.47. The number of rotatable bonds is 8. The van der Waals surface area contributed by atoms with Gasteiger partial charge in [-0.15, -0.1) is 0 Å². The molecule has 8 nitrogen and oxygen atoms in total. The van der Waals surface area contributed by atoms with E-state index in [1.54, 1.807) is 6.92 Å².